The molecule has 0 saturated carbocycles. The van der Waals surface area contributed by atoms with Gasteiger partial charge < -0.3 is 24.5 Å². The molecule has 1 saturated heterocycles. The maximum Gasteiger partial charge on any atom is 0.291 e. The first-order valence-corrected chi connectivity index (χ1v) is 13.1. The topological polar surface area (TPSA) is 127 Å². The van der Waals surface area contributed by atoms with Crippen molar-refractivity contribution in [3.8, 4) is 11.5 Å². The van der Waals surface area contributed by atoms with Crippen LogP contribution in [0.3, 0.4) is 0 Å². The second-order valence-electron chi connectivity index (χ2n) is 9.66. The molecule has 1 fully saturated rings. The number of benzene rings is 3. The number of fused-ring (bicyclic) bond motifs is 1. The van der Waals surface area contributed by atoms with Crippen molar-refractivity contribution in [2.75, 3.05) is 23.8 Å². The molecule has 1 atom stereocenters. The summed E-state index contributed by atoms with van der Waals surface area (Å²) in [6, 6.07) is 21.2. The van der Waals surface area contributed by atoms with Crippen LogP contribution in [0.25, 0.3) is 0 Å². The van der Waals surface area contributed by atoms with E-state index in [0.29, 0.717) is 46.2 Å². The van der Waals surface area contributed by atoms with E-state index in [-0.39, 0.29) is 42.0 Å². The van der Waals surface area contributed by atoms with Crippen LogP contribution in [0.5, 0.6) is 11.5 Å². The van der Waals surface area contributed by atoms with Crippen molar-refractivity contribution >= 4 is 35.0 Å². The van der Waals surface area contributed by atoms with Crippen molar-refractivity contribution in [1.29, 1.82) is 0 Å². The highest BCUT2D eigenvalue weighted by Crippen LogP contribution is 2.31. The van der Waals surface area contributed by atoms with Gasteiger partial charge in [0.25, 0.3) is 23.6 Å². The monoisotopic (exact) mass is 551 g/mol. The van der Waals surface area contributed by atoms with Gasteiger partial charge in [-0.15, -0.1) is 0 Å². The van der Waals surface area contributed by atoms with Gasteiger partial charge in [0.2, 0.25) is 0 Å². The zero-order chi connectivity index (χ0) is 28.3. The van der Waals surface area contributed by atoms with Crippen molar-refractivity contribution in [3.05, 3.63) is 108 Å². The van der Waals surface area contributed by atoms with Crippen LogP contribution in [-0.4, -0.2) is 47.8 Å². The van der Waals surface area contributed by atoms with E-state index >= 15 is 0 Å². The first-order valence-electron chi connectivity index (χ1n) is 13.1. The zero-order valence-electron chi connectivity index (χ0n) is 21.8. The minimum Gasteiger partial charge on any atom is -0.459 e. The van der Waals surface area contributed by atoms with Crippen LogP contribution in [0.2, 0.25) is 0 Å². The molecule has 3 heterocycles. The highest BCUT2D eigenvalue weighted by atomic mass is 16.5. The van der Waals surface area contributed by atoms with Crippen molar-refractivity contribution in [3.63, 3.8) is 0 Å². The Morgan fingerprint density at radius 3 is 2.37 bits per heavy atom. The number of imide groups is 1. The number of nitrogens with zero attached hydrogens (tertiary/aromatic N) is 1. The molecule has 0 bridgehead atoms. The molecule has 3 aromatic carbocycles. The summed E-state index contributed by atoms with van der Waals surface area (Å²) in [6.45, 7) is 0.886. The second kappa shape index (κ2) is 11.1. The van der Waals surface area contributed by atoms with E-state index in [1.807, 2.05) is 0 Å². The van der Waals surface area contributed by atoms with Gasteiger partial charge in [-0.3, -0.25) is 24.1 Å². The molecule has 6 rings (SSSR count). The average molecular weight is 552 g/mol. The summed E-state index contributed by atoms with van der Waals surface area (Å²) in [7, 11) is 0. The number of hydrogen-bond acceptors (Lipinski definition) is 7. The normalized spacial score (nSPS) is 16.0. The summed E-state index contributed by atoms with van der Waals surface area (Å²) in [5, 5.41) is 5.52. The lowest BCUT2D eigenvalue weighted by molar-refractivity contribution is 0.0475. The molecule has 2 aliphatic rings. The third-order valence-corrected chi connectivity index (χ3v) is 6.83. The third-order valence-electron chi connectivity index (χ3n) is 6.83. The number of ether oxygens (including phenoxy) is 2. The van der Waals surface area contributed by atoms with E-state index < -0.39 is 0 Å². The Hall–Kier alpha value is -5.22. The van der Waals surface area contributed by atoms with Crippen LogP contribution in [0.15, 0.2) is 89.5 Å². The Balaban J connectivity index is 1.09. The van der Waals surface area contributed by atoms with Crippen LogP contribution < -0.4 is 15.4 Å². The molecule has 1 unspecified atom stereocenters. The number of hydrogen-bond donors (Lipinski definition) is 2. The summed E-state index contributed by atoms with van der Waals surface area (Å²) in [5.41, 5.74) is 2.04. The SMILES string of the molecule is O=C(Nc1cccc(Oc2ccc3c(c2)C(=O)N(CC2CCCO2)C3=O)c1)c1ccc(NC(=O)c2ccco2)cc1. The van der Waals surface area contributed by atoms with E-state index in [4.69, 9.17) is 13.9 Å². The molecule has 10 heteroatoms. The number of carbonyl (C=O) groups is 4. The average Bonchev–Trinajstić information content (AvgIpc) is 3.74. The van der Waals surface area contributed by atoms with E-state index in [0.717, 1.165) is 12.8 Å². The lowest BCUT2D eigenvalue weighted by Crippen LogP contribution is -2.36. The first-order chi connectivity index (χ1) is 19.9. The van der Waals surface area contributed by atoms with Gasteiger partial charge in [0, 0.05) is 29.6 Å². The molecular weight excluding hydrogens is 526 g/mol. The predicted molar refractivity (Wildman–Crippen MR) is 148 cm³/mol. The Bertz CT molecular complexity index is 1620. The number of carbonyl (C=O) groups excluding carboxylic acids is 4. The minimum atomic E-state index is -0.389. The van der Waals surface area contributed by atoms with Crippen molar-refractivity contribution < 1.29 is 33.1 Å². The molecule has 1 aromatic heterocycles. The highest BCUT2D eigenvalue weighted by molar-refractivity contribution is 6.21. The standard InChI is InChI=1S/C31H25N3O7/c35-28(19-8-10-20(11-9-19)32-29(36)27-7-3-15-40-27)33-21-4-1-5-22(16-21)41-23-12-13-25-26(17-23)31(38)34(30(25)37)18-24-6-2-14-39-24/h1,3-5,7-13,15-17,24H,2,6,14,18H2,(H,32,36)(H,33,35). The number of nitrogens with one attached hydrogen (secondary N) is 2. The summed E-state index contributed by atoms with van der Waals surface area (Å²) in [5.74, 6) is -0.418. The molecular formula is C31H25N3O7. The maximum absolute atomic E-state index is 13.0. The van der Waals surface area contributed by atoms with Crippen molar-refractivity contribution in [2.45, 2.75) is 18.9 Å². The van der Waals surface area contributed by atoms with Gasteiger partial charge >= 0.3 is 0 Å². The fraction of sp³-hybridized carbons (Fsp3) is 0.161. The lowest BCUT2D eigenvalue weighted by atomic mass is 10.1. The number of rotatable bonds is 8. The molecule has 2 N–H and O–H groups in total. The summed E-state index contributed by atoms with van der Waals surface area (Å²) >= 11 is 0. The predicted octanol–water partition coefficient (Wildman–Crippen LogP) is 5.35. The van der Waals surface area contributed by atoms with E-state index in [2.05, 4.69) is 10.6 Å². The van der Waals surface area contributed by atoms with E-state index in [1.165, 1.54) is 11.2 Å². The third kappa shape index (κ3) is 5.59. The summed E-state index contributed by atoms with van der Waals surface area (Å²) in [6.07, 6.45) is 3.03. The van der Waals surface area contributed by atoms with Crippen LogP contribution in [0, 0.1) is 0 Å². The number of amides is 4. The highest BCUT2D eigenvalue weighted by Gasteiger charge is 2.37. The largest absolute Gasteiger partial charge is 0.459 e. The van der Waals surface area contributed by atoms with Gasteiger partial charge in [0.15, 0.2) is 5.76 Å². The van der Waals surface area contributed by atoms with Crippen LogP contribution in [-0.2, 0) is 4.74 Å². The number of furan rings is 1. The van der Waals surface area contributed by atoms with Gasteiger partial charge in [0.1, 0.15) is 11.5 Å². The maximum atomic E-state index is 13.0. The Morgan fingerprint density at radius 1 is 0.829 bits per heavy atom. The van der Waals surface area contributed by atoms with E-state index in [9.17, 15) is 19.2 Å². The van der Waals surface area contributed by atoms with Crippen LogP contribution >= 0.6 is 0 Å². The molecule has 2 aliphatic heterocycles. The van der Waals surface area contributed by atoms with Gasteiger partial charge in [-0.2, -0.15) is 0 Å². The summed E-state index contributed by atoms with van der Waals surface area (Å²) in [4.78, 5) is 51.9. The Labute approximate surface area is 234 Å². The molecule has 206 valence electrons. The molecule has 0 radical (unpaired) electrons. The summed E-state index contributed by atoms with van der Waals surface area (Å²) < 4.78 is 16.6. The molecule has 0 aliphatic carbocycles. The lowest BCUT2D eigenvalue weighted by Gasteiger charge is -2.17. The number of anilines is 2. The van der Waals surface area contributed by atoms with Gasteiger partial charge in [-0.25, -0.2) is 0 Å². The molecule has 4 aromatic rings. The fourth-order valence-corrected chi connectivity index (χ4v) is 4.77. The zero-order valence-corrected chi connectivity index (χ0v) is 21.8. The van der Waals surface area contributed by atoms with Gasteiger partial charge in [0.05, 0.1) is 30.0 Å². The molecule has 4 amide bonds. The van der Waals surface area contributed by atoms with E-state index in [1.54, 1.807) is 78.9 Å². The van der Waals surface area contributed by atoms with Crippen molar-refractivity contribution in [2.24, 2.45) is 0 Å². The van der Waals surface area contributed by atoms with Gasteiger partial charge in [-0.1, -0.05) is 6.07 Å². The first kappa shape index (κ1) is 26.0. The van der Waals surface area contributed by atoms with Gasteiger partial charge in [-0.05, 0) is 79.6 Å². The fourth-order valence-electron chi connectivity index (χ4n) is 4.77. The molecule has 10 nitrogen and oxygen atoms in total. The quantitative estimate of drug-likeness (QED) is 0.283. The Kier molecular flexibility index (Phi) is 7.05. The smallest absolute Gasteiger partial charge is 0.291 e. The molecule has 0 spiro atoms. The van der Waals surface area contributed by atoms with Crippen LogP contribution in [0.4, 0.5) is 11.4 Å². The molecule has 41 heavy (non-hydrogen) atoms. The van der Waals surface area contributed by atoms with Crippen molar-refractivity contribution in [1.82, 2.24) is 4.90 Å². The second-order valence-corrected chi connectivity index (χ2v) is 9.66. The minimum absolute atomic E-state index is 0.128. The Morgan fingerprint density at radius 2 is 1.61 bits per heavy atom. The van der Waals surface area contributed by atoms with Crippen LogP contribution in [0.1, 0.15) is 54.5 Å².